The zero-order valence-corrected chi connectivity index (χ0v) is 13.7. The lowest BCUT2D eigenvalue weighted by molar-refractivity contribution is -0.129. The molecule has 1 saturated heterocycles. The topological polar surface area (TPSA) is 35.9 Å². The molecular weight excluding hydrogens is 286 g/mol. The molecule has 0 radical (unpaired) electrons. The lowest BCUT2D eigenvalue weighted by Gasteiger charge is -2.30. The number of fused-ring (bicyclic) bond motifs is 2. The molecule has 0 aliphatic carbocycles. The average Bonchev–Trinajstić information content (AvgIpc) is 2.97. The van der Waals surface area contributed by atoms with Crippen LogP contribution in [0.4, 0.5) is 0 Å². The number of hydrogen-bond donors (Lipinski definition) is 0. The molecule has 4 nitrogen and oxygen atoms in total. The Balaban J connectivity index is 1.77. The van der Waals surface area contributed by atoms with Crippen molar-refractivity contribution >= 4 is 17.3 Å². The van der Waals surface area contributed by atoms with Crippen LogP contribution in [-0.4, -0.2) is 54.3 Å². The van der Waals surface area contributed by atoms with Gasteiger partial charge in [-0.2, -0.15) is 0 Å². The molecule has 0 aromatic heterocycles. The Bertz CT molecular complexity index is 694. The van der Waals surface area contributed by atoms with Gasteiger partial charge in [-0.3, -0.25) is 9.79 Å². The van der Waals surface area contributed by atoms with Crippen molar-refractivity contribution < 1.29 is 4.79 Å². The number of hydrogen-bond acceptors (Lipinski definition) is 3. The first-order chi connectivity index (χ1) is 11.2. The third-order valence-electron chi connectivity index (χ3n) is 5.26. The summed E-state index contributed by atoms with van der Waals surface area (Å²) >= 11 is 0. The second kappa shape index (κ2) is 5.84. The molecule has 1 aromatic carbocycles. The van der Waals surface area contributed by atoms with Crippen LogP contribution in [0.1, 0.15) is 30.9 Å². The minimum atomic E-state index is 0.190. The highest BCUT2D eigenvalue weighted by atomic mass is 16.2. The number of piperidine rings is 1. The van der Waals surface area contributed by atoms with Crippen molar-refractivity contribution in [3.05, 3.63) is 41.0 Å². The van der Waals surface area contributed by atoms with E-state index in [4.69, 9.17) is 4.99 Å². The van der Waals surface area contributed by atoms with Crippen molar-refractivity contribution in [2.45, 2.75) is 26.2 Å². The van der Waals surface area contributed by atoms with Crippen molar-refractivity contribution in [3.63, 3.8) is 0 Å². The van der Waals surface area contributed by atoms with Gasteiger partial charge in [-0.1, -0.05) is 29.8 Å². The van der Waals surface area contributed by atoms with Gasteiger partial charge in [0, 0.05) is 38.7 Å². The van der Waals surface area contributed by atoms with Crippen LogP contribution in [0.25, 0.3) is 5.57 Å². The van der Waals surface area contributed by atoms with E-state index in [1.807, 2.05) is 4.90 Å². The van der Waals surface area contributed by atoms with Gasteiger partial charge in [0.25, 0.3) is 0 Å². The molecule has 0 unspecified atom stereocenters. The summed E-state index contributed by atoms with van der Waals surface area (Å²) in [5.74, 6) is 1.39. The van der Waals surface area contributed by atoms with E-state index in [0.717, 1.165) is 52.0 Å². The molecule has 120 valence electrons. The Morgan fingerprint density at radius 2 is 1.83 bits per heavy atom. The summed E-state index contributed by atoms with van der Waals surface area (Å²) in [5, 5.41) is 0. The average molecular weight is 309 g/mol. The van der Waals surface area contributed by atoms with Gasteiger partial charge in [-0.25, -0.2) is 0 Å². The minimum absolute atomic E-state index is 0.190. The third kappa shape index (κ3) is 2.56. The fraction of sp³-hybridized carbons (Fsp3) is 0.474. The molecular formula is C19H23N3O. The predicted octanol–water partition coefficient (Wildman–Crippen LogP) is 2.35. The van der Waals surface area contributed by atoms with E-state index >= 15 is 0 Å². The van der Waals surface area contributed by atoms with Crippen molar-refractivity contribution in [1.29, 1.82) is 0 Å². The molecule has 0 spiro atoms. The molecule has 1 fully saturated rings. The van der Waals surface area contributed by atoms with Gasteiger partial charge in [0.2, 0.25) is 5.91 Å². The maximum atomic E-state index is 11.6. The van der Waals surface area contributed by atoms with Crippen molar-refractivity contribution in [2.24, 2.45) is 4.99 Å². The molecule has 23 heavy (non-hydrogen) atoms. The number of benzene rings is 1. The summed E-state index contributed by atoms with van der Waals surface area (Å²) in [5.41, 5.74) is 5.63. The number of rotatable bonds is 0. The molecule has 3 aliphatic heterocycles. The number of nitrogens with zero attached hydrogens (tertiary/aromatic N) is 3. The monoisotopic (exact) mass is 309 g/mol. The second-order valence-electron chi connectivity index (χ2n) is 6.58. The Kier molecular flexibility index (Phi) is 3.68. The number of likely N-dealkylation sites (tertiary alicyclic amines) is 1. The fourth-order valence-electron chi connectivity index (χ4n) is 3.99. The number of amides is 1. The van der Waals surface area contributed by atoms with E-state index in [2.05, 4.69) is 29.2 Å². The first kappa shape index (κ1) is 14.5. The van der Waals surface area contributed by atoms with E-state index in [1.165, 1.54) is 28.1 Å². The van der Waals surface area contributed by atoms with Crippen LogP contribution in [-0.2, 0) is 11.2 Å². The van der Waals surface area contributed by atoms with Crippen LogP contribution in [0.2, 0.25) is 0 Å². The van der Waals surface area contributed by atoms with Crippen LogP contribution in [0.15, 0.2) is 34.8 Å². The summed E-state index contributed by atoms with van der Waals surface area (Å²) in [4.78, 5) is 20.8. The summed E-state index contributed by atoms with van der Waals surface area (Å²) in [7, 11) is 0. The zero-order valence-electron chi connectivity index (χ0n) is 13.7. The molecule has 3 heterocycles. The maximum absolute atomic E-state index is 11.6. The van der Waals surface area contributed by atoms with E-state index in [9.17, 15) is 4.79 Å². The first-order valence-electron chi connectivity index (χ1n) is 8.59. The lowest BCUT2D eigenvalue weighted by atomic mass is 9.90. The normalized spacial score (nSPS) is 20.8. The number of aliphatic imine (C=N–C) groups is 1. The van der Waals surface area contributed by atoms with Gasteiger partial charge in [0.1, 0.15) is 5.84 Å². The summed E-state index contributed by atoms with van der Waals surface area (Å²) in [6, 6.07) is 8.77. The molecule has 3 aliphatic rings. The highest BCUT2D eigenvalue weighted by molar-refractivity contribution is 6.24. The van der Waals surface area contributed by atoms with Crippen molar-refractivity contribution in [3.8, 4) is 0 Å². The Morgan fingerprint density at radius 3 is 2.61 bits per heavy atom. The van der Waals surface area contributed by atoms with Gasteiger partial charge < -0.3 is 9.80 Å². The SMILES string of the molecule is CC(=O)N1CCC(=C2C3=NCCN3CCc3ccccc32)CC1. The van der Waals surface area contributed by atoms with E-state index in [1.54, 1.807) is 6.92 Å². The summed E-state index contributed by atoms with van der Waals surface area (Å²) in [6.45, 7) is 6.36. The molecule has 4 heteroatoms. The van der Waals surface area contributed by atoms with E-state index < -0.39 is 0 Å². The second-order valence-corrected chi connectivity index (χ2v) is 6.58. The first-order valence-corrected chi connectivity index (χ1v) is 8.59. The molecule has 1 aromatic rings. The molecule has 0 N–H and O–H groups in total. The van der Waals surface area contributed by atoms with Gasteiger partial charge >= 0.3 is 0 Å². The van der Waals surface area contributed by atoms with E-state index in [0.29, 0.717) is 0 Å². The van der Waals surface area contributed by atoms with Crippen LogP contribution >= 0.6 is 0 Å². The van der Waals surface area contributed by atoms with Gasteiger partial charge in [0.05, 0.1) is 6.54 Å². The molecule has 1 amide bonds. The van der Waals surface area contributed by atoms with Gasteiger partial charge in [-0.15, -0.1) is 0 Å². The third-order valence-corrected chi connectivity index (χ3v) is 5.26. The highest BCUT2D eigenvalue weighted by Crippen LogP contribution is 2.34. The zero-order chi connectivity index (χ0) is 15.8. The number of amidine groups is 1. The Labute approximate surface area is 137 Å². The smallest absolute Gasteiger partial charge is 0.219 e. The standard InChI is InChI=1S/C19H23N3O/c1-14(23)21-10-7-16(8-11-21)18-17-5-3-2-4-15(17)6-12-22-13-9-20-19(18)22/h2-5H,6-13H2,1H3. The van der Waals surface area contributed by atoms with Gasteiger partial charge in [0.15, 0.2) is 0 Å². The molecule has 0 atom stereocenters. The molecule has 4 rings (SSSR count). The number of carbonyl (C=O) groups excluding carboxylic acids is 1. The van der Waals surface area contributed by atoms with Crippen LogP contribution < -0.4 is 0 Å². The number of carbonyl (C=O) groups is 1. The van der Waals surface area contributed by atoms with Crippen LogP contribution in [0.3, 0.4) is 0 Å². The van der Waals surface area contributed by atoms with E-state index in [-0.39, 0.29) is 5.91 Å². The Hall–Kier alpha value is -2.10. The minimum Gasteiger partial charge on any atom is -0.354 e. The molecule has 0 bridgehead atoms. The highest BCUT2D eigenvalue weighted by Gasteiger charge is 2.30. The van der Waals surface area contributed by atoms with Gasteiger partial charge in [-0.05, 0) is 30.4 Å². The fourth-order valence-corrected chi connectivity index (χ4v) is 3.99. The predicted molar refractivity (Wildman–Crippen MR) is 92.4 cm³/mol. The largest absolute Gasteiger partial charge is 0.354 e. The summed E-state index contributed by atoms with van der Waals surface area (Å²) < 4.78 is 0. The van der Waals surface area contributed by atoms with Crippen molar-refractivity contribution in [1.82, 2.24) is 9.80 Å². The Morgan fingerprint density at radius 1 is 1.04 bits per heavy atom. The van der Waals surface area contributed by atoms with Crippen LogP contribution in [0, 0.1) is 0 Å². The summed E-state index contributed by atoms with van der Waals surface area (Å²) in [6.07, 6.45) is 3.03. The quantitative estimate of drug-likeness (QED) is 0.737. The van der Waals surface area contributed by atoms with Crippen molar-refractivity contribution in [2.75, 3.05) is 32.7 Å². The molecule has 0 saturated carbocycles. The van der Waals surface area contributed by atoms with Crippen LogP contribution in [0.5, 0.6) is 0 Å². The maximum Gasteiger partial charge on any atom is 0.219 e. The lowest BCUT2D eigenvalue weighted by Crippen LogP contribution is -2.35.